The van der Waals surface area contributed by atoms with Gasteiger partial charge in [0, 0.05) is 24.0 Å². The number of nitrogens with zero attached hydrogens (tertiary/aromatic N) is 1. The van der Waals surface area contributed by atoms with E-state index < -0.39 is 17.3 Å². The maximum atomic E-state index is 11.9. The van der Waals surface area contributed by atoms with Crippen molar-refractivity contribution in [2.75, 3.05) is 0 Å². The van der Waals surface area contributed by atoms with Crippen molar-refractivity contribution in [3.8, 4) is 17.2 Å². The maximum absolute atomic E-state index is 11.9. The fourth-order valence-electron chi connectivity index (χ4n) is 1.64. The number of carbonyl (C=O) groups is 1. The molecule has 5 heteroatoms. The van der Waals surface area contributed by atoms with E-state index in [1.54, 1.807) is 24.4 Å². The zero-order chi connectivity index (χ0) is 13.1. The molecule has 2 rings (SSSR count). The lowest BCUT2D eigenvalue weighted by Crippen LogP contribution is -2.05. The number of phenols is 3. The summed E-state index contributed by atoms with van der Waals surface area (Å²) >= 11 is 0. The average molecular weight is 245 g/mol. The van der Waals surface area contributed by atoms with Crippen LogP contribution in [0.4, 0.5) is 0 Å². The third kappa shape index (κ3) is 2.40. The predicted octanol–water partition coefficient (Wildman–Crippen LogP) is 1.62. The number of phenolic OH excluding ortho intramolecular Hbond substituents is 3. The van der Waals surface area contributed by atoms with Crippen LogP contribution in [0.15, 0.2) is 36.5 Å². The van der Waals surface area contributed by atoms with Gasteiger partial charge in [-0.1, -0.05) is 6.07 Å². The van der Waals surface area contributed by atoms with Gasteiger partial charge >= 0.3 is 0 Å². The molecule has 0 aliphatic rings. The minimum atomic E-state index is -0.469. The quantitative estimate of drug-likeness (QED) is 0.715. The molecule has 3 N–H and O–H groups in total. The minimum Gasteiger partial charge on any atom is -0.508 e. The second kappa shape index (κ2) is 4.75. The highest BCUT2D eigenvalue weighted by molar-refractivity contribution is 6.02. The molecule has 5 nitrogen and oxygen atoms in total. The Balaban J connectivity index is 2.30. The van der Waals surface area contributed by atoms with Crippen LogP contribution in [0.3, 0.4) is 0 Å². The molecule has 0 saturated heterocycles. The van der Waals surface area contributed by atoms with E-state index in [0.29, 0.717) is 5.69 Å². The zero-order valence-corrected chi connectivity index (χ0v) is 9.37. The fourth-order valence-corrected chi connectivity index (χ4v) is 1.64. The number of aromatic nitrogens is 1. The highest BCUT2D eigenvalue weighted by Crippen LogP contribution is 2.32. The smallest absolute Gasteiger partial charge is 0.176 e. The zero-order valence-electron chi connectivity index (χ0n) is 9.37. The summed E-state index contributed by atoms with van der Waals surface area (Å²) in [6.07, 6.45) is 1.52. The van der Waals surface area contributed by atoms with E-state index in [0.717, 1.165) is 12.1 Å². The molecule has 0 unspecified atom stereocenters. The number of Topliss-reactive ketones (excluding diaryl/α,β-unsaturated/α-hetero) is 1. The Hall–Kier alpha value is -2.56. The van der Waals surface area contributed by atoms with E-state index in [4.69, 9.17) is 5.11 Å². The molecule has 1 aromatic carbocycles. The molecule has 0 spiro atoms. The standard InChI is InChI=1S/C13H11NO4/c15-9-6-11(17)13(12(18)7-9)10(16)5-8-3-1-2-4-14-8/h1-4,6-7,15,17-18H,5H2. The van der Waals surface area contributed by atoms with Crippen molar-refractivity contribution < 1.29 is 20.1 Å². The fraction of sp³-hybridized carbons (Fsp3) is 0.0769. The van der Waals surface area contributed by atoms with Crippen LogP contribution < -0.4 is 0 Å². The summed E-state index contributed by atoms with van der Waals surface area (Å²) in [5, 5.41) is 28.3. The van der Waals surface area contributed by atoms with Crippen molar-refractivity contribution in [2.24, 2.45) is 0 Å². The summed E-state index contributed by atoms with van der Waals surface area (Å²) < 4.78 is 0. The Bertz CT molecular complexity index is 558. The molecule has 0 aliphatic heterocycles. The van der Waals surface area contributed by atoms with Crippen LogP contribution in [0.5, 0.6) is 17.2 Å². The van der Waals surface area contributed by atoms with Crippen LogP contribution in [0.25, 0.3) is 0 Å². The lowest BCUT2D eigenvalue weighted by atomic mass is 10.0. The highest BCUT2D eigenvalue weighted by atomic mass is 16.3. The summed E-state index contributed by atoms with van der Waals surface area (Å²) in [6.45, 7) is 0. The van der Waals surface area contributed by atoms with Crippen LogP contribution in [-0.2, 0) is 6.42 Å². The number of hydrogen-bond donors (Lipinski definition) is 3. The van der Waals surface area contributed by atoms with Crippen molar-refractivity contribution >= 4 is 5.78 Å². The lowest BCUT2D eigenvalue weighted by molar-refractivity contribution is 0.0986. The van der Waals surface area contributed by atoms with E-state index in [9.17, 15) is 15.0 Å². The van der Waals surface area contributed by atoms with Crippen LogP contribution in [0.2, 0.25) is 0 Å². The SMILES string of the molecule is O=C(Cc1ccccn1)c1c(O)cc(O)cc1O. The Morgan fingerprint density at radius 2 is 1.78 bits per heavy atom. The number of ketones is 1. The highest BCUT2D eigenvalue weighted by Gasteiger charge is 2.18. The van der Waals surface area contributed by atoms with Gasteiger partial charge in [0.05, 0.1) is 6.42 Å². The van der Waals surface area contributed by atoms with Gasteiger partial charge in [-0.2, -0.15) is 0 Å². The van der Waals surface area contributed by atoms with Gasteiger partial charge in [-0.15, -0.1) is 0 Å². The Morgan fingerprint density at radius 1 is 1.11 bits per heavy atom. The normalized spacial score (nSPS) is 10.2. The molecule has 0 saturated carbocycles. The topological polar surface area (TPSA) is 90.7 Å². The number of aromatic hydroxyl groups is 3. The van der Waals surface area contributed by atoms with E-state index in [-0.39, 0.29) is 17.7 Å². The molecule has 0 atom stereocenters. The molecule has 92 valence electrons. The summed E-state index contributed by atoms with van der Waals surface area (Å²) in [4.78, 5) is 15.9. The van der Waals surface area contributed by atoms with Crippen LogP contribution in [0.1, 0.15) is 16.1 Å². The van der Waals surface area contributed by atoms with Gasteiger partial charge in [0.2, 0.25) is 0 Å². The van der Waals surface area contributed by atoms with Gasteiger partial charge in [0.25, 0.3) is 0 Å². The summed E-state index contributed by atoms with van der Waals surface area (Å²) in [6, 6.07) is 7.15. The Labute approximate surface area is 103 Å². The first-order valence-corrected chi connectivity index (χ1v) is 5.26. The van der Waals surface area contributed by atoms with Gasteiger partial charge in [-0.25, -0.2) is 0 Å². The number of carbonyl (C=O) groups excluding carboxylic acids is 1. The number of benzene rings is 1. The van der Waals surface area contributed by atoms with Gasteiger partial charge in [0.1, 0.15) is 22.8 Å². The Kier molecular flexibility index (Phi) is 3.14. The first kappa shape index (κ1) is 11.9. The van der Waals surface area contributed by atoms with Crippen molar-refractivity contribution in [3.63, 3.8) is 0 Å². The van der Waals surface area contributed by atoms with E-state index in [2.05, 4.69) is 4.98 Å². The molecular formula is C13H11NO4. The molecule has 0 bridgehead atoms. The van der Waals surface area contributed by atoms with E-state index in [1.807, 2.05) is 0 Å². The van der Waals surface area contributed by atoms with Crippen molar-refractivity contribution in [1.82, 2.24) is 4.98 Å². The molecule has 0 fully saturated rings. The monoisotopic (exact) mass is 245 g/mol. The molecule has 2 aromatic rings. The molecule has 1 heterocycles. The molecule has 1 aromatic heterocycles. The Morgan fingerprint density at radius 3 is 2.33 bits per heavy atom. The predicted molar refractivity (Wildman–Crippen MR) is 63.7 cm³/mol. The van der Waals surface area contributed by atoms with Gasteiger partial charge in [-0.05, 0) is 12.1 Å². The minimum absolute atomic E-state index is 0.0350. The van der Waals surface area contributed by atoms with E-state index >= 15 is 0 Å². The summed E-state index contributed by atoms with van der Waals surface area (Å²) in [5.41, 5.74) is 0.327. The second-order valence-electron chi connectivity index (χ2n) is 3.78. The van der Waals surface area contributed by atoms with Crippen LogP contribution >= 0.6 is 0 Å². The maximum Gasteiger partial charge on any atom is 0.176 e. The lowest BCUT2D eigenvalue weighted by Gasteiger charge is -2.06. The molecule has 0 radical (unpaired) electrons. The molecule has 18 heavy (non-hydrogen) atoms. The van der Waals surface area contributed by atoms with Gasteiger partial charge in [0.15, 0.2) is 5.78 Å². The van der Waals surface area contributed by atoms with Gasteiger partial charge < -0.3 is 15.3 Å². The van der Waals surface area contributed by atoms with Crippen molar-refractivity contribution in [2.45, 2.75) is 6.42 Å². The van der Waals surface area contributed by atoms with E-state index in [1.165, 1.54) is 0 Å². The third-order valence-electron chi connectivity index (χ3n) is 2.43. The molecular weight excluding hydrogens is 234 g/mol. The molecule has 0 aliphatic carbocycles. The average Bonchev–Trinajstić information content (AvgIpc) is 2.28. The number of rotatable bonds is 3. The number of hydrogen-bond acceptors (Lipinski definition) is 5. The van der Waals surface area contributed by atoms with Crippen LogP contribution in [0, 0.1) is 0 Å². The number of pyridine rings is 1. The first-order chi connectivity index (χ1) is 8.58. The summed E-state index contributed by atoms with van der Waals surface area (Å²) in [7, 11) is 0. The van der Waals surface area contributed by atoms with Crippen molar-refractivity contribution in [3.05, 3.63) is 47.8 Å². The second-order valence-corrected chi connectivity index (χ2v) is 3.78. The van der Waals surface area contributed by atoms with Crippen LogP contribution in [-0.4, -0.2) is 26.1 Å². The van der Waals surface area contributed by atoms with Gasteiger partial charge in [-0.3, -0.25) is 9.78 Å². The van der Waals surface area contributed by atoms with Crippen molar-refractivity contribution in [1.29, 1.82) is 0 Å². The third-order valence-corrected chi connectivity index (χ3v) is 2.43. The summed E-state index contributed by atoms with van der Waals surface area (Å²) in [5.74, 6) is -1.68. The largest absolute Gasteiger partial charge is 0.508 e. The molecule has 0 amide bonds. The first-order valence-electron chi connectivity index (χ1n) is 5.26.